The number of hydrogen-bond acceptors (Lipinski definition) is 12. The van der Waals surface area contributed by atoms with Gasteiger partial charge in [-0.05, 0) is 118 Å². The predicted molar refractivity (Wildman–Crippen MR) is 318 cm³/mol. The summed E-state index contributed by atoms with van der Waals surface area (Å²) in [6.45, 7) is 14.1. The highest BCUT2D eigenvalue weighted by atomic mass is 16.3. The Bertz CT molecular complexity index is 1750. The highest BCUT2D eigenvalue weighted by molar-refractivity contribution is 5.25. The molecule has 12 nitrogen and oxygen atoms in total. The molecule has 6 rings (SSSR count). The van der Waals surface area contributed by atoms with Crippen LogP contribution in [0, 0.1) is 85.9 Å². The Morgan fingerprint density at radius 1 is 0.359 bits per heavy atom. The van der Waals surface area contributed by atoms with Crippen molar-refractivity contribution >= 4 is 0 Å². The second kappa shape index (κ2) is 45.8. The maximum absolute atomic E-state index is 8.98. The van der Waals surface area contributed by atoms with Crippen molar-refractivity contribution in [3.05, 3.63) is 106 Å². The Hall–Kier alpha value is -2.82. The number of aryl methyl sites for hydroxylation is 4. The fourth-order valence-corrected chi connectivity index (χ4v) is 10.4. The lowest BCUT2D eigenvalue weighted by Crippen LogP contribution is -2.26. The van der Waals surface area contributed by atoms with E-state index >= 15 is 0 Å². The summed E-state index contributed by atoms with van der Waals surface area (Å²) in [7, 11) is 0. The summed E-state index contributed by atoms with van der Waals surface area (Å²) in [5.74, 6) is 5.06. The number of rotatable bonds is 24. The van der Waals surface area contributed by atoms with E-state index in [2.05, 4.69) is 52.0 Å². The first-order chi connectivity index (χ1) is 37.6. The molecule has 3 aliphatic rings. The molecule has 3 aromatic carbocycles. The molecule has 3 aromatic rings. The molecule has 450 valence electrons. The van der Waals surface area contributed by atoms with Gasteiger partial charge in [0.2, 0.25) is 0 Å². The van der Waals surface area contributed by atoms with Crippen molar-refractivity contribution in [1.82, 2.24) is 0 Å². The summed E-state index contributed by atoms with van der Waals surface area (Å²) in [6, 6.07) is 24.4. The SMILES string of the molecule is CC1CCC(C(CO)CO)CC1.CC1CCC(CC(CO)CO)CC1.CC1CCC(CCC(CO)CO)CC1.Cc1ccc(C(CO)CO)cc1.Cc1ccc(CC(CO)CO)cc1.Cc1ccc(CCC(CO)CO)cc1. The van der Waals surface area contributed by atoms with Crippen LogP contribution in [0.2, 0.25) is 0 Å². The molecule has 0 radical (unpaired) electrons. The van der Waals surface area contributed by atoms with Crippen LogP contribution in [0.3, 0.4) is 0 Å². The molecule has 0 aromatic heterocycles. The van der Waals surface area contributed by atoms with Gasteiger partial charge in [-0.15, -0.1) is 0 Å². The zero-order chi connectivity index (χ0) is 58.1. The molecule has 3 fully saturated rings. The molecular weight excluding hydrogens is 985 g/mol. The van der Waals surface area contributed by atoms with Gasteiger partial charge >= 0.3 is 0 Å². The molecule has 12 heteroatoms. The number of aliphatic hydroxyl groups is 12. The lowest BCUT2D eigenvalue weighted by Gasteiger charge is -2.30. The lowest BCUT2D eigenvalue weighted by molar-refractivity contribution is 0.0811. The predicted octanol–water partition coefficient (Wildman–Crippen LogP) is 9.14. The van der Waals surface area contributed by atoms with Crippen molar-refractivity contribution < 1.29 is 61.3 Å². The Morgan fingerprint density at radius 3 is 1.10 bits per heavy atom. The van der Waals surface area contributed by atoms with Gasteiger partial charge in [-0.1, -0.05) is 181 Å². The van der Waals surface area contributed by atoms with Gasteiger partial charge in [-0.25, -0.2) is 0 Å². The molecule has 3 saturated carbocycles. The zero-order valence-electron chi connectivity index (χ0n) is 49.4. The van der Waals surface area contributed by atoms with Gasteiger partial charge in [0.1, 0.15) is 0 Å². The molecular formula is C66H114O12. The van der Waals surface area contributed by atoms with Gasteiger partial charge in [-0.3, -0.25) is 0 Å². The summed E-state index contributed by atoms with van der Waals surface area (Å²) < 4.78 is 0. The van der Waals surface area contributed by atoms with Crippen LogP contribution in [0.5, 0.6) is 0 Å². The maximum atomic E-state index is 8.98. The fraction of sp³-hybridized carbons (Fsp3) is 0.727. The highest BCUT2D eigenvalue weighted by Crippen LogP contribution is 2.34. The Morgan fingerprint density at radius 2 is 0.718 bits per heavy atom. The van der Waals surface area contributed by atoms with E-state index in [9.17, 15) is 0 Å². The van der Waals surface area contributed by atoms with Crippen molar-refractivity contribution in [2.24, 2.45) is 65.1 Å². The summed E-state index contributed by atoms with van der Waals surface area (Å²) >= 11 is 0. The second-order valence-electron chi connectivity index (χ2n) is 23.8. The van der Waals surface area contributed by atoms with Crippen LogP contribution in [-0.2, 0) is 12.8 Å². The van der Waals surface area contributed by atoms with Crippen LogP contribution in [0.1, 0.15) is 163 Å². The van der Waals surface area contributed by atoms with Crippen molar-refractivity contribution in [1.29, 1.82) is 0 Å². The maximum Gasteiger partial charge on any atom is 0.0521 e. The van der Waals surface area contributed by atoms with E-state index < -0.39 is 0 Å². The second-order valence-corrected chi connectivity index (χ2v) is 23.8. The molecule has 78 heavy (non-hydrogen) atoms. The molecule has 3 aliphatic carbocycles. The van der Waals surface area contributed by atoms with Gasteiger partial charge < -0.3 is 61.3 Å². The minimum absolute atomic E-state index is 0.000436. The first kappa shape index (κ1) is 73.2. The van der Waals surface area contributed by atoms with Gasteiger partial charge in [-0.2, -0.15) is 0 Å². The van der Waals surface area contributed by atoms with E-state index in [1.54, 1.807) is 0 Å². The smallest absolute Gasteiger partial charge is 0.0521 e. The third-order valence-electron chi connectivity index (χ3n) is 16.8. The topological polar surface area (TPSA) is 243 Å². The summed E-state index contributed by atoms with van der Waals surface area (Å²) in [6.07, 6.45) is 21.3. The van der Waals surface area contributed by atoms with Crippen LogP contribution < -0.4 is 0 Å². The first-order valence-electron chi connectivity index (χ1n) is 30.1. The average Bonchev–Trinajstić information content (AvgIpc) is 3.46. The van der Waals surface area contributed by atoms with E-state index in [0.29, 0.717) is 5.92 Å². The van der Waals surface area contributed by atoms with Crippen molar-refractivity contribution in [2.45, 2.75) is 163 Å². The van der Waals surface area contributed by atoms with E-state index in [-0.39, 0.29) is 115 Å². The normalized spacial score (nSPS) is 20.2. The minimum atomic E-state index is -0.134. The molecule has 0 heterocycles. The molecule has 12 N–H and O–H groups in total. The van der Waals surface area contributed by atoms with Crippen LogP contribution in [0.15, 0.2) is 72.8 Å². The monoisotopic (exact) mass is 1100 g/mol. The quantitative estimate of drug-likeness (QED) is 0.0402. The molecule has 0 amide bonds. The van der Waals surface area contributed by atoms with E-state index in [1.807, 2.05) is 62.4 Å². The average molecular weight is 1100 g/mol. The number of aliphatic hydroxyl groups excluding tert-OH is 12. The summed E-state index contributed by atoms with van der Waals surface area (Å²) in [5.41, 5.74) is 7.10. The van der Waals surface area contributed by atoms with E-state index in [0.717, 1.165) is 67.3 Å². The molecule has 0 spiro atoms. The largest absolute Gasteiger partial charge is 0.396 e. The van der Waals surface area contributed by atoms with Gasteiger partial charge in [0, 0.05) is 102 Å². The van der Waals surface area contributed by atoms with E-state index in [1.165, 1.54) is 111 Å². The Labute approximate surface area is 473 Å². The van der Waals surface area contributed by atoms with Crippen LogP contribution in [0.25, 0.3) is 0 Å². The van der Waals surface area contributed by atoms with Gasteiger partial charge in [0.15, 0.2) is 0 Å². The molecule has 0 atom stereocenters. The third kappa shape index (κ3) is 33.2. The zero-order valence-corrected chi connectivity index (χ0v) is 49.4. The first-order valence-corrected chi connectivity index (χ1v) is 30.1. The van der Waals surface area contributed by atoms with Crippen LogP contribution in [0.4, 0.5) is 0 Å². The standard InChI is InChI=1S/C12H24O2.C12H18O2.C11H22O2.C11H16O2.C10H20O2.C10H14O2/c2*1-10-2-4-11(5-3-10)6-7-12(8-13)9-14;2*1-9-2-4-10(5-3-9)6-11(7-12)8-13;2*1-8-2-4-9(5-3-8)10(6-11)7-12/h10-14H,2-9H2,1H3;2-5,12-14H,6-9H2,1H3;9-13H,2-8H2,1H3;2-5,11-13H,6-8H2,1H3;8-12H,2-7H2,1H3;2-5,10-12H,6-7H2,1H3. The van der Waals surface area contributed by atoms with Crippen LogP contribution in [-0.4, -0.2) is 141 Å². The number of benzene rings is 3. The highest BCUT2D eigenvalue weighted by Gasteiger charge is 2.25. The van der Waals surface area contributed by atoms with Gasteiger partial charge in [0.25, 0.3) is 0 Å². The fourth-order valence-electron chi connectivity index (χ4n) is 10.4. The summed E-state index contributed by atoms with van der Waals surface area (Å²) in [4.78, 5) is 0. The van der Waals surface area contributed by atoms with Crippen molar-refractivity contribution in [3.8, 4) is 0 Å². The van der Waals surface area contributed by atoms with E-state index in [4.69, 9.17) is 61.3 Å². The number of hydrogen-bond donors (Lipinski definition) is 12. The lowest BCUT2D eigenvalue weighted by atomic mass is 9.77. The minimum Gasteiger partial charge on any atom is -0.396 e. The van der Waals surface area contributed by atoms with Gasteiger partial charge in [0.05, 0.1) is 13.2 Å². The van der Waals surface area contributed by atoms with Crippen molar-refractivity contribution in [2.75, 3.05) is 79.3 Å². The molecule has 0 aliphatic heterocycles. The Kier molecular flexibility index (Phi) is 42.9. The summed E-state index contributed by atoms with van der Waals surface area (Å²) in [5, 5.41) is 107. The third-order valence-corrected chi connectivity index (χ3v) is 16.8. The molecule has 0 unspecified atom stereocenters. The Balaban J connectivity index is 0.000000468. The van der Waals surface area contributed by atoms with Crippen molar-refractivity contribution in [3.63, 3.8) is 0 Å². The molecule has 0 saturated heterocycles. The van der Waals surface area contributed by atoms with Crippen LogP contribution >= 0.6 is 0 Å². The molecule has 0 bridgehead atoms.